The van der Waals surface area contributed by atoms with Gasteiger partial charge in [0.05, 0.1) is 12.1 Å². The molecule has 0 spiro atoms. The van der Waals surface area contributed by atoms with Gasteiger partial charge in [0.25, 0.3) is 5.91 Å². The number of fused-ring (bicyclic) bond motifs is 2. The Morgan fingerprint density at radius 1 is 1.19 bits per heavy atom. The van der Waals surface area contributed by atoms with E-state index in [-0.39, 0.29) is 18.2 Å². The van der Waals surface area contributed by atoms with Crippen LogP contribution in [0.5, 0.6) is 5.75 Å². The van der Waals surface area contributed by atoms with Crippen LogP contribution in [0.25, 0.3) is 10.9 Å². The predicted octanol–water partition coefficient (Wildman–Crippen LogP) is 3.46. The van der Waals surface area contributed by atoms with E-state index in [0.29, 0.717) is 17.1 Å². The number of aromatic nitrogens is 1. The lowest BCUT2D eigenvalue weighted by Crippen LogP contribution is -2.45. The lowest BCUT2D eigenvalue weighted by Gasteiger charge is -2.31. The molecule has 0 saturated heterocycles. The average Bonchev–Trinajstić information content (AvgIpc) is 2.99. The number of ether oxygens (including phenoxy) is 1. The summed E-state index contributed by atoms with van der Waals surface area (Å²) in [6.07, 6.45) is 2.12. The summed E-state index contributed by atoms with van der Waals surface area (Å²) in [5.74, 6) is 0.245. The Hall–Kier alpha value is -3.28. The molecule has 3 N–H and O–H groups in total. The first kappa shape index (κ1) is 16.2. The molecule has 1 aliphatic heterocycles. The smallest absolute Gasteiger partial charge is 0.268 e. The first-order valence-corrected chi connectivity index (χ1v) is 8.42. The van der Waals surface area contributed by atoms with Crippen LogP contribution in [0.4, 0.5) is 11.4 Å². The third-order valence-electron chi connectivity index (χ3n) is 4.45. The summed E-state index contributed by atoms with van der Waals surface area (Å²) in [6, 6.07) is 13.1. The summed E-state index contributed by atoms with van der Waals surface area (Å²) >= 11 is 0. The molecule has 2 amide bonds. The standard InChI is InChI=1S/C20H19N3O3/c1-20(2)19(25)23-16-10-13(7-8-17(16)26-20)22-18(24)9-12-11-21-15-6-4-3-5-14(12)15/h3-8,10-11,21H,9H2,1-2H3,(H,22,24)(H,23,25). The van der Waals surface area contributed by atoms with Crippen molar-refractivity contribution >= 4 is 34.1 Å². The van der Waals surface area contributed by atoms with Gasteiger partial charge in [-0.3, -0.25) is 9.59 Å². The van der Waals surface area contributed by atoms with E-state index in [9.17, 15) is 9.59 Å². The lowest BCUT2D eigenvalue weighted by molar-refractivity contribution is -0.129. The van der Waals surface area contributed by atoms with Crippen molar-refractivity contribution in [3.05, 3.63) is 54.2 Å². The first-order valence-electron chi connectivity index (χ1n) is 8.42. The summed E-state index contributed by atoms with van der Waals surface area (Å²) in [4.78, 5) is 27.6. The molecule has 0 atom stereocenters. The Balaban J connectivity index is 1.50. The number of carbonyl (C=O) groups is 2. The molecule has 2 aromatic carbocycles. The Morgan fingerprint density at radius 2 is 2.00 bits per heavy atom. The number of anilines is 2. The topological polar surface area (TPSA) is 83.2 Å². The fourth-order valence-electron chi connectivity index (χ4n) is 3.04. The minimum absolute atomic E-state index is 0.127. The number of nitrogens with one attached hydrogen (secondary N) is 3. The number of benzene rings is 2. The van der Waals surface area contributed by atoms with Crippen LogP contribution in [0.3, 0.4) is 0 Å². The molecule has 0 aliphatic carbocycles. The van der Waals surface area contributed by atoms with Gasteiger partial charge >= 0.3 is 0 Å². The summed E-state index contributed by atoms with van der Waals surface area (Å²) in [5.41, 5.74) is 2.20. The fourth-order valence-corrected chi connectivity index (χ4v) is 3.04. The van der Waals surface area contributed by atoms with Gasteiger partial charge in [-0.05, 0) is 43.7 Å². The fraction of sp³-hybridized carbons (Fsp3) is 0.200. The normalized spacial score (nSPS) is 15.1. The van der Waals surface area contributed by atoms with E-state index in [2.05, 4.69) is 15.6 Å². The molecule has 132 valence electrons. The maximum Gasteiger partial charge on any atom is 0.268 e. The highest BCUT2D eigenvalue weighted by molar-refractivity contribution is 6.02. The largest absolute Gasteiger partial charge is 0.476 e. The number of rotatable bonds is 3. The Morgan fingerprint density at radius 3 is 2.85 bits per heavy atom. The zero-order valence-electron chi connectivity index (χ0n) is 14.6. The van der Waals surface area contributed by atoms with Crippen LogP contribution >= 0.6 is 0 Å². The molecule has 3 aromatic rings. The second kappa shape index (κ2) is 5.91. The number of amides is 2. The van der Waals surface area contributed by atoms with Crippen molar-refractivity contribution in [2.24, 2.45) is 0 Å². The first-order chi connectivity index (χ1) is 12.4. The van der Waals surface area contributed by atoms with E-state index in [0.717, 1.165) is 16.5 Å². The van der Waals surface area contributed by atoms with Crippen molar-refractivity contribution in [2.75, 3.05) is 10.6 Å². The van der Waals surface area contributed by atoms with Crippen LogP contribution in [-0.2, 0) is 16.0 Å². The molecular formula is C20H19N3O3. The van der Waals surface area contributed by atoms with E-state index in [4.69, 9.17) is 4.74 Å². The quantitative estimate of drug-likeness (QED) is 0.677. The van der Waals surface area contributed by atoms with Gasteiger partial charge in [-0.15, -0.1) is 0 Å². The zero-order chi connectivity index (χ0) is 18.3. The highest BCUT2D eigenvalue weighted by Crippen LogP contribution is 2.35. The second-order valence-corrected chi connectivity index (χ2v) is 6.86. The monoisotopic (exact) mass is 349 g/mol. The molecule has 0 unspecified atom stereocenters. The van der Waals surface area contributed by atoms with Crippen molar-refractivity contribution in [3.8, 4) is 5.75 Å². The number of hydrogen-bond donors (Lipinski definition) is 3. The maximum atomic E-state index is 12.4. The van der Waals surface area contributed by atoms with Gasteiger partial charge in [-0.1, -0.05) is 18.2 Å². The molecule has 1 aliphatic rings. The van der Waals surface area contributed by atoms with E-state index >= 15 is 0 Å². The number of aromatic amines is 1. The SMILES string of the molecule is CC1(C)Oc2ccc(NC(=O)Cc3c[nH]c4ccccc34)cc2NC1=O. The van der Waals surface area contributed by atoms with Crippen LogP contribution in [-0.4, -0.2) is 22.4 Å². The Kier molecular flexibility index (Phi) is 3.68. The summed E-state index contributed by atoms with van der Waals surface area (Å²) < 4.78 is 5.70. The molecular weight excluding hydrogens is 330 g/mol. The second-order valence-electron chi connectivity index (χ2n) is 6.86. The summed E-state index contributed by atoms with van der Waals surface area (Å²) in [7, 11) is 0. The van der Waals surface area contributed by atoms with Crippen LogP contribution < -0.4 is 15.4 Å². The number of para-hydroxylation sites is 1. The van der Waals surface area contributed by atoms with E-state index in [1.165, 1.54) is 0 Å². The molecule has 2 heterocycles. The van der Waals surface area contributed by atoms with Crippen molar-refractivity contribution in [1.82, 2.24) is 4.98 Å². The third kappa shape index (κ3) is 2.90. The minimum Gasteiger partial charge on any atom is -0.476 e. The van der Waals surface area contributed by atoms with Gasteiger partial charge in [0.15, 0.2) is 5.60 Å². The molecule has 1 aromatic heterocycles. The van der Waals surface area contributed by atoms with Crippen molar-refractivity contribution in [1.29, 1.82) is 0 Å². The van der Waals surface area contributed by atoms with Gasteiger partial charge in [0.1, 0.15) is 5.75 Å². The summed E-state index contributed by atoms with van der Waals surface area (Å²) in [6.45, 7) is 3.42. The Labute approximate surface area is 150 Å². The van der Waals surface area contributed by atoms with Crippen LogP contribution in [0.2, 0.25) is 0 Å². The molecule has 0 radical (unpaired) electrons. The van der Waals surface area contributed by atoms with E-state index in [1.807, 2.05) is 30.5 Å². The zero-order valence-corrected chi connectivity index (χ0v) is 14.6. The van der Waals surface area contributed by atoms with Gasteiger partial charge in [0.2, 0.25) is 5.91 Å². The van der Waals surface area contributed by atoms with Crippen LogP contribution in [0.15, 0.2) is 48.7 Å². The van der Waals surface area contributed by atoms with Crippen molar-refractivity contribution < 1.29 is 14.3 Å². The van der Waals surface area contributed by atoms with Gasteiger partial charge in [-0.2, -0.15) is 0 Å². The average molecular weight is 349 g/mol. The van der Waals surface area contributed by atoms with Crippen molar-refractivity contribution in [3.63, 3.8) is 0 Å². The highest BCUT2D eigenvalue weighted by atomic mass is 16.5. The molecule has 0 saturated carbocycles. The van der Waals surface area contributed by atoms with Gasteiger partial charge in [-0.25, -0.2) is 0 Å². The van der Waals surface area contributed by atoms with E-state index < -0.39 is 5.60 Å². The lowest BCUT2D eigenvalue weighted by atomic mass is 10.1. The molecule has 6 heteroatoms. The van der Waals surface area contributed by atoms with E-state index in [1.54, 1.807) is 32.0 Å². The molecule has 0 fully saturated rings. The minimum atomic E-state index is -0.910. The van der Waals surface area contributed by atoms with Gasteiger partial charge < -0.3 is 20.4 Å². The number of hydrogen-bond acceptors (Lipinski definition) is 3. The number of carbonyl (C=O) groups excluding carboxylic acids is 2. The molecule has 0 bridgehead atoms. The molecule has 26 heavy (non-hydrogen) atoms. The van der Waals surface area contributed by atoms with Crippen molar-refractivity contribution in [2.45, 2.75) is 25.9 Å². The third-order valence-corrected chi connectivity index (χ3v) is 4.45. The highest BCUT2D eigenvalue weighted by Gasteiger charge is 2.35. The van der Waals surface area contributed by atoms with Crippen LogP contribution in [0, 0.1) is 0 Å². The maximum absolute atomic E-state index is 12.4. The van der Waals surface area contributed by atoms with Crippen LogP contribution in [0.1, 0.15) is 19.4 Å². The molecule has 6 nitrogen and oxygen atoms in total. The van der Waals surface area contributed by atoms with Gasteiger partial charge in [0, 0.05) is 22.8 Å². The summed E-state index contributed by atoms with van der Waals surface area (Å²) in [5, 5.41) is 6.72. The predicted molar refractivity (Wildman–Crippen MR) is 100 cm³/mol. The number of H-pyrrole nitrogens is 1. The molecule has 4 rings (SSSR count). The Bertz CT molecular complexity index is 1020.